The van der Waals surface area contributed by atoms with Crippen LogP contribution in [0.1, 0.15) is 58.3 Å². The van der Waals surface area contributed by atoms with Crippen molar-refractivity contribution in [3.63, 3.8) is 0 Å². The molecule has 1 unspecified atom stereocenters. The fourth-order valence-electron chi connectivity index (χ4n) is 4.38. The van der Waals surface area contributed by atoms with Crippen LogP contribution in [0.4, 0.5) is 5.69 Å². The predicted octanol–water partition coefficient (Wildman–Crippen LogP) is 4.84. The third kappa shape index (κ3) is 5.74. The van der Waals surface area contributed by atoms with E-state index >= 15 is 0 Å². The number of nitrogens with two attached hydrogens (primary N) is 1. The minimum absolute atomic E-state index is 0.0394. The molecule has 186 valence electrons. The highest BCUT2D eigenvalue weighted by molar-refractivity contribution is 6.00. The van der Waals surface area contributed by atoms with Gasteiger partial charge in [0, 0.05) is 35.5 Å². The molecule has 0 aliphatic carbocycles. The summed E-state index contributed by atoms with van der Waals surface area (Å²) < 4.78 is 6.06. The SMILES string of the molecule is Cc1cc(NC(=O)C(C)c2cc(C(=N)N)ccc2OCc2ccccc2)ccc1C(=O)N1CCCC1. The Kier molecular flexibility index (Phi) is 7.68. The number of hydrogen-bond donors (Lipinski definition) is 3. The fourth-order valence-corrected chi connectivity index (χ4v) is 4.38. The molecule has 1 atom stereocenters. The van der Waals surface area contributed by atoms with E-state index in [9.17, 15) is 9.59 Å². The molecule has 3 aromatic carbocycles. The minimum Gasteiger partial charge on any atom is -0.489 e. The molecular formula is C29H32N4O3. The van der Waals surface area contributed by atoms with Crippen LogP contribution in [-0.4, -0.2) is 35.6 Å². The van der Waals surface area contributed by atoms with Gasteiger partial charge in [0.1, 0.15) is 18.2 Å². The second-order valence-corrected chi connectivity index (χ2v) is 9.18. The summed E-state index contributed by atoms with van der Waals surface area (Å²) in [5.74, 6) is -0.265. The lowest BCUT2D eigenvalue weighted by Gasteiger charge is -2.19. The predicted molar refractivity (Wildman–Crippen MR) is 142 cm³/mol. The Labute approximate surface area is 211 Å². The maximum atomic E-state index is 13.2. The molecule has 7 nitrogen and oxygen atoms in total. The summed E-state index contributed by atoms with van der Waals surface area (Å²) in [6.45, 7) is 5.62. The van der Waals surface area contributed by atoms with Crippen molar-refractivity contribution >= 4 is 23.3 Å². The van der Waals surface area contributed by atoms with Crippen molar-refractivity contribution in [1.82, 2.24) is 4.90 Å². The number of amides is 2. The molecule has 0 saturated carbocycles. The Hall–Kier alpha value is -4.13. The van der Waals surface area contributed by atoms with Crippen LogP contribution in [0.15, 0.2) is 66.7 Å². The third-order valence-electron chi connectivity index (χ3n) is 6.54. The number of carbonyl (C=O) groups is 2. The van der Waals surface area contributed by atoms with E-state index in [-0.39, 0.29) is 17.6 Å². The van der Waals surface area contributed by atoms with Gasteiger partial charge >= 0.3 is 0 Å². The van der Waals surface area contributed by atoms with E-state index < -0.39 is 5.92 Å². The summed E-state index contributed by atoms with van der Waals surface area (Å²) in [6.07, 6.45) is 2.08. The summed E-state index contributed by atoms with van der Waals surface area (Å²) in [5, 5.41) is 10.8. The Balaban J connectivity index is 1.51. The molecule has 7 heteroatoms. The molecule has 0 aromatic heterocycles. The molecule has 2 amide bonds. The van der Waals surface area contributed by atoms with Crippen LogP contribution < -0.4 is 15.8 Å². The van der Waals surface area contributed by atoms with Crippen molar-refractivity contribution in [2.24, 2.45) is 5.73 Å². The van der Waals surface area contributed by atoms with E-state index in [1.807, 2.05) is 48.2 Å². The van der Waals surface area contributed by atoms with Crippen molar-refractivity contribution < 1.29 is 14.3 Å². The molecule has 36 heavy (non-hydrogen) atoms. The Morgan fingerprint density at radius 1 is 1.06 bits per heavy atom. The smallest absolute Gasteiger partial charge is 0.254 e. The number of benzene rings is 3. The van der Waals surface area contributed by atoms with Gasteiger partial charge in [-0.2, -0.15) is 0 Å². The number of amidine groups is 1. The van der Waals surface area contributed by atoms with Crippen LogP contribution in [0.25, 0.3) is 0 Å². The van der Waals surface area contributed by atoms with Crippen LogP contribution in [0, 0.1) is 12.3 Å². The lowest BCUT2D eigenvalue weighted by Crippen LogP contribution is -2.28. The van der Waals surface area contributed by atoms with Gasteiger partial charge in [-0.3, -0.25) is 15.0 Å². The van der Waals surface area contributed by atoms with Crippen LogP contribution in [0.5, 0.6) is 5.75 Å². The van der Waals surface area contributed by atoms with Gasteiger partial charge in [-0.1, -0.05) is 30.3 Å². The largest absolute Gasteiger partial charge is 0.489 e. The highest BCUT2D eigenvalue weighted by Crippen LogP contribution is 2.30. The summed E-state index contributed by atoms with van der Waals surface area (Å²) in [5.41, 5.74) is 10.00. The first-order chi connectivity index (χ1) is 17.3. The van der Waals surface area contributed by atoms with Crippen molar-refractivity contribution in [1.29, 1.82) is 5.41 Å². The van der Waals surface area contributed by atoms with Crippen molar-refractivity contribution in [2.75, 3.05) is 18.4 Å². The second-order valence-electron chi connectivity index (χ2n) is 9.18. The van der Waals surface area contributed by atoms with E-state index in [1.54, 1.807) is 37.3 Å². The van der Waals surface area contributed by atoms with E-state index in [2.05, 4.69) is 5.32 Å². The number of hydrogen-bond acceptors (Lipinski definition) is 4. The summed E-state index contributed by atoms with van der Waals surface area (Å²) in [6, 6.07) is 20.3. The quantitative estimate of drug-likeness (QED) is 0.314. The normalized spacial score (nSPS) is 13.8. The molecule has 0 spiro atoms. The maximum Gasteiger partial charge on any atom is 0.254 e. The first-order valence-electron chi connectivity index (χ1n) is 12.2. The van der Waals surface area contributed by atoms with Gasteiger partial charge in [-0.15, -0.1) is 0 Å². The number of nitrogen functional groups attached to an aromatic ring is 1. The Morgan fingerprint density at radius 3 is 2.44 bits per heavy atom. The average Bonchev–Trinajstić information content (AvgIpc) is 3.42. The van der Waals surface area contributed by atoms with E-state index in [1.165, 1.54) is 0 Å². The summed E-state index contributed by atoms with van der Waals surface area (Å²) >= 11 is 0. The van der Waals surface area contributed by atoms with Crippen LogP contribution in [0.2, 0.25) is 0 Å². The number of nitrogens with one attached hydrogen (secondary N) is 2. The fraction of sp³-hybridized carbons (Fsp3) is 0.276. The standard InChI is InChI=1S/C29H32N4O3/c1-19-16-23(11-12-24(19)29(35)33-14-6-7-15-33)32-28(34)20(2)25-17-22(27(30)31)10-13-26(25)36-18-21-8-4-3-5-9-21/h3-5,8-13,16-17,20H,6-7,14-15,18H2,1-2H3,(H3,30,31)(H,32,34). The number of carbonyl (C=O) groups excluding carboxylic acids is 2. The molecule has 4 N–H and O–H groups in total. The van der Waals surface area contributed by atoms with Crippen LogP contribution >= 0.6 is 0 Å². The minimum atomic E-state index is -0.568. The van der Waals surface area contributed by atoms with Crippen molar-refractivity contribution in [3.8, 4) is 5.75 Å². The van der Waals surface area contributed by atoms with Gasteiger partial charge in [0.05, 0.1) is 5.92 Å². The van der Waals surface area contributed by atoms with Crippen LogP contribution in [0.3, 0.4) is 0 Å². The number of nitrogens with zero attached hydrogens (tertiary/aromatic N) is 1. The number of likely N-dealkylation sites (tertiary alicyclic amines) is 1. The topological polar surface area (TPSA) is 109 Å². The number of rotatable bonds is 8. The van der Waals surface area contributed by atoms with Gasteiger partial charge < -0.3 is 20.7 Å². The molecule has 1 heterocycles. The zero-order valence-electron chi connectivity index (χ0n) is 20.7. The number of ether oxygens (including phenoxy) is 1. The van der Waals surface area contributed by atoms with Gasteiger partial charge in [0.15, 0.2) is 0 Å². The second kappa shape index (κ2) is 11.1. The van der Waals surface area contributed by atoms with Crippen molar-refractivity contribution in [2.45, 2.75) is 39.2 Å². The molecular weight excluding hydrogens is 452 g/mol. The van der Waals surface area contributed by atoms with E-state index in [0.29, 0.717) is 34.7 Å². The highest BCUT2D eigenvalue weighted by atomic mass is 16.5. The summed E-state index contributed by atoms with van der Waals surface area (Å²) in [7, 11) is 0. The zero-order chi connectivity index (χ0) is 25.7. The molecule has 3 aromatic rings. The molecule has 1 aliphatic rings. The molecule has 0 radical (unpaired) electrons. The average molecular weight is 485 g/mol. The van der Waals surface area contributed by atoms with Gasteiger partial charge in [-0.25, -0.2) is 0 Å². The number of anilines is 1. The lowest BCUT2D eigenvalue weighted by atomic mass is 9.96. The summed E-state index contributed by atoms with van der Waals surface area (Å²) in [4.78, 5) is 27.9. The van der Waals surface area contributed by atoms with E-state index in [4.69, 9.17) is 15.9 Å². The zero-order valence-corrected chi connectivity index (χ0v) is 20.7. The van der Waals surface area contributed by atoms with Gasteiger partial charge in [0.2, 0.25) is 5.91 Å². The molecule has 1 saturated heterocycles. The molecule has 0 bridgehead atoms. The Bertz CT molecular complexity index is 1270. The highest BCUT2D eigenvalue weighted by Gasteiger charge is 2.23. The molecule has 1 aliphatic heterocycles. The van der Waals surface area contributed by atoms with E-state index in [0.717, 1.165) is 37.1 Å². The lowest BCUT2D eigenvalue weighted by molar-refractivity contribution is -0.117. The molecule has 1 fully saturated rings. The Morgan fingerprint density at radius 2 is 1.78 bits per heavy atom. The first kappa shape index (κ1) is 25.0. The first-order valence-corrected chi connectivity index (χ1v) is 12.2. The van der Waals surface area contributed by atoms with Gasteiger partial charge in [-0.05, 0) is 74.2 Å². The van der Waals surface area contributed by atoms with Gasteiger partial charge in [0.25, 0.3) is 5.91 Å². The van der Waals surface area contributed by atoms with Crippen molar-refractivity contribution in [3.05, 3.63) is 94.5 Å². The third-order valence-corrected chi connectivity index (χ3v) is 6.54. The maximum absolute atomic E-state index is 13.2. The van der Waals surface area contributed by atoms with Crippen LogP contribution in [-0.2, 0) is 11.4 Å². The monoisotopic (exact) mass is 484 g/mol. The molecule has 4 rings (SSSR count). The number of aryl methyl sites for hydroxylation is 1.